The molecule has 0 N–H and O–H groups in total. The van der Waals surface area contributed by atoms with Gasteiger partial charge < -0.3 is 0 Å². The summed E-state index contributed by atoms with van der Waals surface area (Å²) in [5, 5.41) is 0. The van der Waals surface area contributed by atoms with Gasteiger partial charge in [-0.1, -0.05) is 24.3 Å². The smallest absolute Gasteiger partial charge is 0.246 e. The van der Waals surface area contributed by atoms with Crippen molar-refractivity contribution >= 4 is 0 Å². The van der Waals surface area contributed by atoms with Crippen LogP contribution in [0.3, 0.4) is 0 Å². The molecule has 0 saturated heterocycles. The maximum absolute atomic E-state index is 12.5. The Morgan fingerprint density at radius 3 is 1.81 bits per heavy atom. The van der Waals surface area contributed by atoms with Crippen LogP contribution in [0.4, 0.5) is 0 Å². The van der Waals surface area contributed by atoms with E-state index >= 15 is 0 Å². The molecule has 5 nitrogen and oxygen atoms in total. The van der Waals surface area contributed by atoms with Gasteiger partial charge in [0.2, 0.25) is 0 Å². The zero-order valence-corrected chi connectivity index (χ0v) is 12.0. The van der Waals surface area contributed by atoms with Crippen molar-refractivity contribution in [1.82, 2.24) is 13.9 Å². The molecule has 7 rings (SSSR count). The molecule has 5 heteroatoms. The van der Waals surface area contributed by atoms with Gasteiger partial charge in [0.25, 0.3) is 0 Å². The first-order valence-electron chi connectivity index (χ1n) is 7.83. The minimum atomic E-state index is -0.167. The summed E-state index contributed by atoms with van der Waals surface area (Å²) in [6.07, 6.45) is 14.1. The Hall–Kier alpha value is -1.78. The van der Waals surface area contributed by atoms with E-state index in [2.05, 4.69) is 24.3 Å². The molecule has 2 fully saturated rings. The number of aromatic nitrogens is 3. The van der Waals surface area contributed by atoms with Gasteiger partial charge in [0, 0.05) is 17.9 Å². The van der Waals surface area contributed by atoms with Gasteiger partial charge in [0.1, 0.15) is 0 Å². The minimum Gasteiger partial charge on any atom is -0.246 e. The van der Waals surface area contributed by atoms with E-state index in [1.54, 1.807) is 16.4 Å². The van der Waals surface area contributed by atoms with Crippen LogP contribution < -0.4 is 11.4 Å². The number of hydrogen-bond acceptors (Lipinski definition) is 2. The van der Waals surface area contributed by atoms with Crippen molar-refractivity contribution in [3.8, 4) is 0 Å². The van der Waals surface area contributed by atoms with Crippen molar-refractivity contribution in [2.75, 3.05) is 0 Å². The van der Waals surface area contributed by atoms with Crippen molar-refractivity contribution in [2.45, 2.75) is 37.8 Å². The van der Waals surface area contributed by atoms with E-state index in [1.807, 2.05) is 0 Å². The molecular formula is C16H17N3O2. The molecule has 4 atom stereocenters. The molecule has 1 aromatic heterocycles. The van der Waals surface area contributed by atoms with Gasteiger partial charge in [-0.05, 0) is 31.1 Å². The lowest BCUT2D eigenvalue weighted by molar-refractivity contribution is -0.0229. The van der Waals surface area contributed by atoms with E-state index in [0.29, 0.717) is 5.41 Å². The molecule has 1 aromatic rings. The Balaban J connectivity index is 1.72. The quantitative estimate of drug-likeness (QED) is 0.670. The average Bonchev–Trinajstić information content (AvgIpc) is 3.12. The predicted octanol–water partition coefficient (Wildman–Crippen LogP) is 1.13. The number of hydrogen-bond donors (Lipinski definition) is 0. The van der Waals surface area contributed by atoms with Crippen molar-refractivity contribution < 1.29 is 0 Å². The molecule has 6 aliphatic rings. The Bertz CT molecular complexity index is 828. The monoisotopic (exact) mass is 283 g/mol. The lowest BCUT2D eigenvalue weighted by Gasteiger charge is -2.61. The van der Waals surface area contributed by atoms with Gasteiger partial charge in [0.05, 0.1) is 12.1 Å². The summed E-state index contributed by atoms with van der Waals surface area (Å²) in [5.41, 5.74) is 0.324. The first-order valence-corrected chi connectivity index (χ1v) is 7.83. The average molecular weight is 283 g/mol. The van der Waals surface area contributed by atoms with Crippen LogP contribution in [-0.4, -0.2) is 13.9 Å². The fourth-order valence-electron chi connectivity index (χ4n) is 5.98. The van der Waals surface area contributed by atoms with E-state index in [1.165, 1.54) is 30.3 Å². The molecule has 3 heterocycles. The third-order valence-electron chi connectivity index (χ3n) is 7.09. The summed E-state index contributed by atoms with van der Waals surface area (Å²) in [5.74, 6) is 0. The highest BCUT2D eigenvalue weighted by Gasteiger charge is 2.76. The third kappa shape index (κ3) is 0.825. The molecule has 108 valence electrons. The Labute approximate surface area is 121 Å². The molecule has 4 aliphatic carbocycles. The van der Waals surface area contributed by atoms with E-state index < -0.39 is 0 Å². The topological polar surface area (TPSA) is 48.9 Å². The highest BCUT2D eigenvalue weighted by atomic mass is 16.2. The molecule has 21 heavy (non-hydrogen) atoms. The van der Waals surface area contributed by atoms with Crippen molar-refractivity contribution in [3.05, 3.63) is 45.3 Å². The van der Waals surface area contributed by atoms with Crippen molar-refractivity contribution in [2.24, 2.45) is 23.3 Å². The highest BCUT2D eigenvalue weighted by molar-refractivity contribution is 5.44. The summed E-state index contributed by atoms with van der Waals surface area (Å²) in [6.45, 7) is 0. The molecule has 1 spiro atoms. The second-order valence-corrected chi connectivity index (χ2v) is 7.86. The Kier molecular flexibility index (Phi) is 1.37. The first-order chi connectivity index (χ1) is 10.0. The standard InChI is InChI=1S/C16H17N3O2/c1-17-12(20)18-10-2-3-11(19(18)13(17)21)16-7-6-15(10,16)8-14(9-16)4-5-14/h2-3,6-7,10-11H,4-5,8-9H2,1H3/t10-,11-,15-,16-/m0/s1. The van der Waals surface area contributed by atoms with Crippen LogP contribution in [0.5, 0.6) is 0 Å². The molecule has 2 bridgehead atoms. The van der Waals surface area contributed by atoms with Crippen molar-refractivity contribution in [1.29, 1.82) is 0 Å². The third-order valence-corrected chi connectivity index (χ3v) is 7.09. The predicted molar refractivity (Wildman–Crippen MR) is 76.1 cm³/mol. The molecule has 0 aromatic carbocycles. The summed E-state index contributed by atoms with van der Waals surface area (Å²) in [6, 6.07) is 0.0442. The van der Waals surface area contributed by atoms with Gasteiger partial charge in [-0.25, -0.2) is 23.5 Å². The maximum atomic E-state index is 12.5. The van der Waals surface area contributed by atoms with Crippen LogP contribution in [0.2, 0.25) is 0 Å². The lowest BCUT2D eigenvalue weighted by atomic mass is 9.48. The van der Waals surface area contributed by atoms with E-state index in [-0.39, 0.29) is 34.3 Å². The SMILES string of the molecule is Cn1c(=O)n2n(c1=O)[C@H]1C=C[C@H]2[C@@]23C=C[C@]12CC1(CC1)C3. The molecule has 2 aliphatic heterocycles. The van der Waals surface area contributed by atoms with Crippen LogP contribution in [-0.2, 0) is 7.05 Å². The number of allylic oxidation sites excluding steroid dienone is 4. The van der Waals surface area contributed by atoms with Crippen molar-refractivity contribution in [3.63, 3.8) is 0 Å². The maximum Gasteiger partial charge on any atom is 0.347 e. The molecule has 0 unspecified atom stereocenters. The Morgan fingerprint density at radius 1 is 0.952 bits per heavy atom. The summed E-state index contributed by atoms with van der Waals surface area (Å²) < 4.78 is 4.72. The van der Waals surface area contributed by atoms with Gasteiger partial charge >= 0.3 is 11.4 Å². The summed E-state index contributed by atoms with van der Waals surface area (Å²) >= 11 is 0. The minimum absolute atomic E-state index is 0.0221. The van der Waals surface area contributed by atoms with E-state index in [4.69, 9.17) is 0 Å². The number of nitrogens with zero attached hydrogens (tertiary/aromatic N) is 3. The zero-order chi connectivity index (χ0) is 14.2. The van der Waals surface area contributed by atoms with Gasteiger partial charge in [-0.3, -0.25) is 0 Å². The van der Waals surface area contributed by atoms with E-state index in [0.717, 1.165) is 0 Å². The summed E-state index contributed by atoms with van der Waals surface area (Å²) in [4.78, 5) is 25.0. The van der Waals surface area contributed by atoms with Gasteiger partial charge in [0.15, 0.2) is 0 Å². The van der Waals surface area contributed by atoms with Crippen LogP contribution in [0.15, 0.2) is 33.9 Å². The van der Waals surface area contributed by atoms with E-state index in [9.17, 15) is 9.59 Å². The number of rotatable bonds is 0. The second kappa shape index (κ2) is 2.64. The van der Waals surface area contributed by atoms with Crippen LogP contribution in [0.1, 0.15) is 37.8 Å². The van der Waals surface area contributed by atoms with Crippen LogP contribution >= 0.6 is 0 Å². The normalized spacial score (nSPS) is 45.4. The largest absolute Gasteiger partial charge is 0.347 e. The zero-order valence-electron chi connectivity index (χ0n) is 12.0. The molecule has 2 saturated carbocycles. The molecule has 0 radical (unpaired) electrons. The van der Waals surface area contributed by atoms with Crippen LogP contribution in [0.25, 0.3) is 0 Å². The highest BCUT2D eigenvalue weighted by Crippen LogP contribution is 2.82. The van der Waals surface area contributed by atoms with Crippen LogP contribution in [0, 0.1) is 16.2 Å². The van der Waals surface area contributed by atoms with Gasteiger partial charge in [-0.15, -0.1) is 0 Å². The molecule has 0 amide bonds. The lowest BCUT2D eigenvalue weighted by Crippen LogP contribution is -2.61. The first kappa shape index (κ1) is 10.9. The van der Waals surface area contributed by atoms with Gasteiger partial charge in [-0.2, -0.15) is 0 Å². The Morgan fingerprint density at radius 2 is 1.43 bits per heavy atom. The summed E-state index contributed by atoms with van der Waals surface area (Å²) in [7, 11) is 1.59. The fourth-order valence-corrected chi connectivity index (χ4v) is 5.98. The fraction of sp³-hybridized carbons (Fsp3) is 0.625. The second-order valence-electron chi connectivity index (χ2n) is 7.86. The molecular weight excluding hydrogens is 266 g/mol.